The Morgan fingerprint density at radius 1 is 1.16 bits per heavy atom. The Balaban J connectivity index is 2.21. The summed E-state index contributed by atoms with van der Waals surface area (Å²) in [5.41, 5.74) is 2.41. The number of aryl methyl sites for hydroxylation is 1. The summed E-state index contributed by atoms with van der Waals surface area (Å²) in [4.78, 5) is 6.73. The number of nitrogens with zero attached hydrogens (tertiary/aromatic N) is 2. The van der Waals surface area contributed by atoms with Gasteiger partial charge < -0.3 is 10.2 Å². The highest BCUT2D eigenvalue weighted by atomic mass is 15.2. The van der Waals surface area contributed by atoms with Crippen LogP contribution >= 0.6 is 0 Å². The first kappa shape index (κ1) is 13.4. The van der Waals surface area contributed by atoms with Gasteiger partial charge in [-0.3, -0.25) is 0 Å². The first-order valence-corrected chi connectivity index (χ1v) is 6.72. The third kappa shape index (κ3) is 3.47. The van der Waals surface area contributed by atoms with Crippen molar-refractivity contribution in [1.29, 1.82) is 0 Å². The minimum atomic E-state index is 0.929. The number of anilines is 3. The van der Waals surface area contributed by atoms with Crippen molar-refractivity contribution in [2.45, 2.75) is 20.3 Å². The molecule has 3 nitrogen and oxygen atoms in total. The molecule has 0 aliphatic heterocycles. The SMILES string of the molecule is CCCNc1cccc(N(C)c2cccc(C)c2)n1. The molecule has 0 bridgehead atoms. The van der Waals surface area contributed by atoms with E-state index < -0.39 is 0 Å². The van der Waals surface area contributed by atoms with Gasteiger partial charge in [-0.2, -0.15) is 0 Å². The van der Waals surface area contributed by atoms with Crippen molar-refractivity contribution in [3.63, 3.8) is 0 Å². The second kappa shape index (κ2) is 6.23. The molecule has 0 unspecified atom stereocenters. The lowest BCUT2D eigenvalue weighted by Gasteiger charge is -2.19. The number of hydrogen-bond donors (Lipinski definition) is 1. The van der Waals surface area contributed by atoms with E-state index in [0.717, 1.165) is 30.3 Å². The Kier molecular flexibility index (Phi) is 4.39. The van der Waals surface area contributed by atoms with Gasteiger partial charge in [0.2, 0.25) is 0 Å². The molecule has 0 spiro atoms. The highest BCUT2D eigenvalue weighted by Gasteiger charge is 2.06. The molecular formula is C16H21N3. The van der Waals surface area contributed by atoms with Crippen molar-refractivity contribution >= 4 is 17.3 Å². The van der Waals surface area contributed by atoms with Crippen LogP contribution < -0.4 is 10.2 Å². The summed E-state index contributed by atoms with van der Waals surface area (Å²) >= 11 is 0. The summed E-state index contributed by atoms with van der Waals surface area (Å²) in [6.45, 7) is 5.20. The van der Waals surface area contributed by atoms with Crippen LogP contribution in [0.4, 0.5) is 17.3 Å². The van der Waals surface area contributed by atoms with Crippen LogP contribution in [0, 0.1) is 6.92 Å². The van der Waals surface area contributed by atoms with E-state index in [2.05, 4.69) is 53.3 Å². The van der Waals surface area contributed by atoms with Crippen LogP contribution in [0.5, 0.6) is 0 Å². The molecule has 3 heteroatoms. The van der Waals surface area contributed by atoms with E-state index in [1.165, 1.54) is 5.56 Å². The molecule has 1 heterocycles. The third-order valence-corrected chi connectivity index (χ3v) is 3.02. The second-order valence-electron chi connectivity index (χ2n) is 4.71. The van der Waals surface area contributed by atoms with Gasteiger partial charge in [-0.1, -0.05) is 25.1 Å². The van der Waals surface area contributed by atoms with Crippen LogP contribution in [0.15, 0.2) is 42.5 Å². The van der Waals surface area contributed by atoms with Crippen molar-refractivity contribution in [2.24, 2.45) is 0 Å². The lowest BCUT2D eigenvalue weighted by molar-refractivity contribution is 0.967. The third-order valence-electron chi connectivity index (χ3n) is 3.02. The molecule has 100 valence electrons. The van der Waals surface area contributed by atoms with Crippen molar-refractivity contribution in [3.8, 4) is 0 Å². The normalized spacial score (nSPS) is 10.3. The summed E-state index contributed by atoms with van der Waals surface area (Å²) < 4.78 is 0. The zero-order chi connectivity index (χ0) is 13.7. The van der Waals surface area contributed by atoms with Gasteiger partial charge in [-0.05, 0) is 43.2 Å². The smallest absolute Gasteiger partial charge is 0.135 e. The van der Waals surface area contributed by atoms with E-state index in [-0.39, 0.29) is 0 Å². The fraction of sp³-hybridized carbons (Fsp3) is 0.312. The zero-order valence-corrected chi connectivity index (χ0v) is 11.9. The van der Waals surface area contributed by atoms with Gasteiger partial charge in [-0.25, -0.2) is 4.98 Å². The number of benzene rings is 1. The number of hydrogen-bond acceptors (Lipinski definition) is 3. The highest BCUT2D eigenvalue weighted by Crippen LogP contribution is 2.23. The Hall–Kier alpha value is -2.03. The van der Waals surface area contributed by atoms with Gasteiger partial charge in [0.05, 0.1) is 0 Å². The molecule has 0 fully saturated rings. The second-order valence-corrected chi connectivity index (χ2v) is 4.71. The number of nitrogens with one attached hydrogen (secondary N) is 1. The first-order valence-electron chi connectivity index (χ1n) is 6.72. The molecule has 1 aromatic carbocycles. The molecule has 2 aromatic rings. The molecule has 0 saturated carbocycles. The summed E-state index contributed by atoms with van der Waals surface area (Å²) in [5.74, 6) is 1.88. The number of aromatic nitrogens is 1. The summed E-state index contributed by atoms with van der Waals surface area (Å²) in [5, 5.41) is 3.31. The summed E-state index contributed by atoms with van der Waals surface area (Å²) in [6, 6.07) is 14.5. The molecule has 19 heavy (non-hydrogen) atoms. The topological polar surface area (TPSA) is 28.2 Å². The predicted molar refractivity (Wildman–Crippen MR) is 82.3 cm³/mol. The minimum absolute atomic E-state index is 0.929. The molecule has 1 N–H and O–H groups in total. The van der Waals surface area contributed by atoms with Crippen molar-refractivity contribution in [2.75, 3.05) is 23.8 Å². The Labute approximate surface area is 115 Å². The molecule has 0 atom stereocenters. The maximum absolute atomic E-state index is 4.63. The molecule has 2 rings (SSSR count). The lowest BCUT2D eigenvalue weighted by atomic mass is 10.2. The largest absolute Gasteiger partial charge is 0.370 e. The predicted octanol–water partition coefficient (Wildman–Crippen LogP) is 3.98. The van der Waals surface area contributed by atoms with E-state index in [9.17, 15) is 0 Å². The van der Waals surface area contributed by atoms with E-state index in [1.54, 1.807) is 0 Å². The average molecular weight is 255 g/mol. The van der Waals surface area contributed by atoms with Crippen LogP contribution in [-0.4, -0.2) is 18.6 Å². The van der Waals surface area contributed by atoms with Gasteiger partial charge in [0.15, 0.2) is 0 Å². The van der Waals surface area contributed by atoms with E-state index >= 15 is 0 Å². The van der Waals surface area contributed by atoms with Crippen LogP contribution in [0.1, 0.15) is 18.9 Å². The monoisotopic (exact) mass is 255 g/mol. The van der Waals surface area contributed by atoms with Crippen molar-refractivity contribution in [3.05, 3.63) is 48.0 Å². The minimum Gasteiger partial charge on any atom is -0.370 e. The molecule has 1 aromatic heterocycles. The molecular weight excluding hydrogens is 234 g/mol. The quantitative estimate of drug-likeness (QED) is 0.876. The summed E-state index contributed by atoms with van der Waals surface area (Å²) in [6.07, 6.45) is 1.10. The van der Waals surface area contributed by atoms with Crippen molar-refractivity contribution < 1.29 is 0 Å². The Morgan fingerprint density at radius 3 is 2.68 bits per heavy atom. The molecule has 0 aliphatic rings. The van der Waals surface area contributed by atoms with Crippen LogP contribution in [0.25, 0.3) is 0 Å². The Bertz CT molecular complexity index is 537. The standard InChI is InChI=1S/C16H21N3/c1-4-11-17-15-9-6-10-16(18-15)19(3)14-8-5-7-13(2)12-14/h5-10,12H,4,11H2,1-3H3,(H,17,18). The van der Waals surface area contributed by atoms with Crippen LogP contribution in [0.2, 0.25) is 0 Å². The van der Waals surface area contributed by atoms with E-state index in [0.29, 0.717) is 0 Å². The Morgan fingerprint density at radius 2 is 1.95 bits per heavy atom. The molecule has 0 aliphatic carbocycles. The summed E-state index contributed by atoms with van der Waals surface area (Å²) in [7, 11) is 2.04. The number of rotatable bonds is 5. The van der Waals surface area contributed by atoms with Gasteiger partial charge in [-0.15, -0.1) is 0 Å². The first-order chi connectivity index (χ1) is 9.20. The lowest BCUT2D eigenvalue weighted by Crippen LogP contribution is -2.12. The van der Waals surface area contributed by atoms with E-state index in [1.807, 2.05) is 25.2 Å². The van der Waals surface area contributed by atoms with Gasteiger partial charge >= 0.3 is 0 Å². The zero-order valence-electron chi connectivity index (χ0n) is 11.9. The van der Waals surface area contributed by atoms with E-state index in [4.69, 9.17) is 0 Å². The molecule has 0 amide bonds. The van der Waals surface area contributed by atoms with Gasteiger partial charge in [0.25, 0.3) is 0 Å². The van der Waals surface area contributed by atoms with Crippen LogP contribution in [-0.2, 0) is 0 Å². The van der Waals surface area contributed by atoms with Crippen LogP contribution in [0.3, 0.4) is 0 Å². The maximum Gasteiger partial charge on any atom is 0.135 e. The molecule has 0 radical (unpaired) electrons. The highest BCUT2D eigenvalue weighted by molar-refractivity contribution is 5.61. The average Bonchev–Trinajstić information content (AvgIpc) is 2.44. The molecule has 0 saturated heterocycles. The fourth-order valence-corrected chi connectivity index (χ4v) is 1.93. The van der Waals surface area contributed by atoms with Gasteiger partial charge in [0, 0.05) is 19.3 Å². The fourth-order valence-electron chi connectivity index (χ4n) is 1.93. The van der Waals surface area contributed by atoms with Gasteiger partial charge in [0.1, 0.15) is 11.6 Å². The van der Waals surface area contributed by atoms with Crippen molar-refractivity contribution in [1.82, 2.24) is 4.98 Å². The maximum atomic E-state index is 4.63. The number of pyridine rings is 1.